The maximum absolute atomic E-state index is 13.3. The molecule has 0 spiro atoms. The van der Waals surface area contributed by atoms with Crippen molar-refractivity contribution in [3.05, 3.63) is 95.6 Å². The van der Waals surface area contributed by atoms with Gasteiger partial charge in [0, 0.05) is 72.3 Å². The number of hydrogen-bond acceptors (Lipinski definition) is 9. The molecule has 4 aliphatic heterocycles. The van der Waals surface area contributed by atoms with Crippen LogP contribution >= 0.6 is 36.6 Å². The fourth-order valence-corrected chi connectivity index (χ4v) is 8.22. The van der Waals surface area contributed by atoms with Crippen molar-refractivity contribution in [2.75, 3.05) is 78.1 Å². The number of β-amino-alcohol motifs (C(OH)–C–C–N with tert-alkyl or cyclic N) is 1. The first-order valence-electron chi connectivity index (χ1n) is 17.2. The summed E-state index contributed by atoms with van der Waals surface area (Å²) in [6, 6.07) is 23.8. The molecule has 8 rings (SSSR count). The van der Waals surface area contributed by atoms with Gasteiger partial charge in [0.25, 0.3) is 0 Å². The minimum atomic E-state index is -4.35. The van der Waals surface area contributed by atoms with Crippen LogP contribution in [0, 0.1) is 0 Å². The lowest BCUT2D eigenvalue weighted by Gasteiger charge is -2.36. The van der Waals surface area contributed by atoms with Gasteiger partial charge in [-0.3, -0.25) is 4.90 Å². The van der Waals surface area contributed by atoms with E-state index in [4.69, 9.17) is 24.1 Å². The summed E-state index contributed by atoms with van der Waals surface area (Å²) >= 11 is 1.53. The smallest absolute Gasteiger partial charge is 0.416 e. The summed E-state index contributed by atoms with van der Waals surface area (Å²) in [5.41, 5.74) is 3.26. The van der Waals surface area contributed by atoms with E-state index < -0.39 is 11.7 Å². The molecule has 0 aliphatic carbocycles. The number of anilines is 2. The third-order valence-electron chi connectivity index (χ3n) is 9.88. The van der Waals surface area contributed by atoms with Crippen molar-refractivity contribution in [2.45, 2.75) is 34.4 Å². The van der Waals surface area contributed by atoms with Crippen molar-refractivity contribution in [1.29, 1.82) is 0 Å². The molecule has 4 aromatic carbocycles. The highest BCUT2D eigenvalue weighted by atomic mass is 35.5. The maximum atomic E-state index is 13.3. The number of hydrogen-bond donors (Lipinski definition) is 1. The minimum Gasteiger partial charge on any atom is -0.497 e. The molecule has 1 saturated heterocycles. The summed E-state index contributed by atoms with van der Waals surface area (Å²) in [7, 11) is 3.32. The Labute approximate surface area is 325 Å². The largest absolute Gasteiger partial charge is 0.497 e. The number of para-hydroxylation sites is 1. The van der Waals surface area contributed by atoms with Crippen molar-refractivity contribution in [2.24, 2.45) is 0 Å². The molecule has 0 radical (unpaired) electrons. The van der Waals surface area contributed by atoms with Crippen LogP contribution < -0.4 is 23.8 Å². The van der Waals surface area contributed by atoms with Crippen LogP contribution in [0.5, 0.6) is 23.0 Å². The highest BCUT2D eigenvalue weighted by Gasteiger charge is 2.41. The van der Waals surface area contributed by atoms with E-state index in [-0.39, 0.29) is 43.4 Å². The van der Waals surface area contributed by atoms with E-state index in [0.717, 1.165) is 83.2 Å². The SMILES string of the molecule is COc1ccc2c(c1)OC1c3ccc(OC)cc3OCC21.Cl.Cl.OCCN1CCN(CCCN2c3ccccc3Sc3ccc(C(F)(F)F)cc32)CC1. The number of aliphatic hydroxyl groups is 1. The standard InChI is InChI=1S/C22H26F3N3OS.C17H16O4.2ClH/c23-22(24,25)17-6-7-21-19(16-17)28(18-4-1-2-5-20(18)30-21)9-3-8-26-10-12-27(13-11-26)14-15-29;1-18-10-4-6-13-15(7-10)20-9-14-12-5-3-11(19-2)8-16(12)21-17(13)14;;/h1-2,4-7,16,29H,3,8-15H2;3-8,14,17H,9H2,1-2H3;2*1H. The summed E-state index contributed by atoms with van der Waals surface area (Å²) in [4.78, 5) is 8.62. The highest BCUT2D eigenvalue weighted by molar-refractivity contribution is 7.99. The molecule has 0 aromatic heterocycles. The maximum Gasteiger partial charge on any atom is 0.416 e. The van der Waals surface area contributed by atoms with Crippen LogP contribution in [0.15, 0.2) is 88.7 Å². The molecule has 2 atom stereocenters. The number of nitrogens with zero attached hydrogens (tertiary/aromatic N) is 3. The molecule has 4 aromatic rings. The predicted molar refractivity (Wildman–Crippen MR) is 206 cm³/mol. The molecule has 0 amide bonds. The topological polar surface area (TPSA) is 66.9 Å². The molecule has 2 unspecified atom stereocenters. The second-order valence-corrected chi connectivity index (χ2v) is 14.0. The molecule has 4 aliphatic rings. The van der Waals surface area contributed by atoms with E-state index in [1.165, 1.54) is 29.5 Å². The van der Waals surface area contributed by atoms with E-state index in [9.17, 15) is 13.2 Å². The van der Waals surface area contributed by atoms with Gasteiger partial charge in [-0.15, -0.1) is 24.8 Å². The Morgan fingerprint density at radius 3 is 2.08 bits per heavy atom. The van der Waals surface area contributed by atoms with Crippen LogP contribution in [0.3, 0.4) is 0 Å². The third kappa shape index (κ3) is 8.90. The van der Waals surface area contributed by atoms with Gasteiger partial charge >= 0.3 is 6.18 Å². The number of alkyl halides is 3. The Hall–Kier alpha value is -3.52. The normalized spacial score (nSPS) is 18.5. The average molecular weight is 795 g/mol. The van der Waals surface area contributed by atoms with Gasteiger partial charge in [-0.05, 0) is 61.5 Å². The zero-order valence-electron chi connectivity index (χ0n) is 29.5. The first-order valence-corrected chi connectivity index (χ1v) is 18.0. The molecular formula is C39H44Cl2F3N3O5S. The van der Waals surface area contributed by atoms with Gasteiger partial charge in [0.1, 0.15) is 29.1 Å². The molecule has 8 nitrogen and oxygen atoms in total. The number of ether oxygens (including phenoxy) is 4. The Kier molecular flexibility index (Phi) is 13.6. The lowest BCUT2D eigenvalue weighted by Crippen LogP contribution is -2.47. The molecule has 1 fully saturated rings. The van der Waals surface area contributed by atoms with Gasteiger partial charge in [0.15, 0.2) is 0 Å². The summed E-state index contributed by atoms with van der Waals surface area (Å²) in [6.45, 7) is 6.91. The van der Waals surface area contributed by atoms with Gasteiger partial charge in [0.2, 0.25) is 0 Å². The van der Waals surface area contributed by atoms with Crippen LogP contribution in [0.25, 0.3) is 0 Å². The molecule has 0 saturated carbocycles. The van der Waals surface area contributed by atoms with Gasteiger partial charge in [-0.1, -0.05) is 30.0 Å². The van der Waals surface area contributed by atoms with Crippen LogP contribution in [0.4, 0.5) is 24.5 Å². The molecule has 14 heteroatoms. The lowest BCUT2D eigenvalue weighted by atomic mass is 9.89. The first-order chi connectivity index (χ1) is 24.7. The molecule has 53 heavy (non-hydrogen) atoms. The summed E-state index contributed by atoms with van der Waals surface area (Å²) in [6.07, 6.45) is -3.48. The number of methoxy groups -OCH3 is 2. The second-order valence-electron chi connectivity index (χ2n) is 12.9. The minimum absolute atomic E-state index is 0. The summed E-state index contributed by atoms with van der Waals surface area (Å²) in [5, 5.41) is 9.07. The fourth-order valence-electron chi connectivity index (χ4n) is 7.15. The van der Waals surface area contributed by atoms with E-state index >= 15 is 0 Å². The fraction of sp³-hybridized carbons (Fsp3) is 0.385. The van der Waals surface area contributed by atoms with Gasteiger partial charge in [0.05, 0.1) is 50.3 Å². The van der Waals surface area contributed by atoms with Crippen molar-refractivity contribution < 1.29 is 37.2 Å². The van der Waals surface area contributed by atoms with Crippen LogP contribution in [0.2, 0.25) is 0 Å². The van der Waals surface area contributed by atoms with E-state index in [0.29, 0.717) is 25.4 Å². The van der Waals surface area contributed by atoms with E-state index in [2.05, 4.69) is 15.9 Å². The second kappa shape index (κ2) is 17.7. The Morgan fingerprint density at radius 1 is 0.755 bits per heavy atom. The zero-order chi connectivity index (χ0) is 35.5. The monoisotopic (exact) mass is 793 g/mol. The van der Waals surface area contributed by atoms with Crippen LogP contribution in [0.1, 0.15) is 35.1 Å². The van der Waals surface area contributed by atoms with E-state index in [1.807, 2.05) is 59.5 Å². The number of fused-ring (bicyclic) bond motifs is 7. The first kappa shape index (κ1) is 40.7. The summed E-state index contributed by atoms with van der Waals surface area (Å²) < 4.78 is 62.5. The van der Waals surface area contributed by atoms with Crippen molar-refractivity contribution in [3.8, 4) is 23.0 Å². The van der Waals surface area contributed by atoms with E-state index in [1.54, 1.807) is 20.3 Å². The Bertz CT molecular complexity index is 1850. The quantitative estimate of drug-likeness (QED) is 0.189. The van der Waals surface area contributed by atoms with Gasteiger partial charge in [-0.2, -0.15) is 13.2 Å². The number of piperazine rings is 1. The number of rotatable bonds is 8. The van der Waals surface area contributed by atoms with Gasteiger partial charge < -0.3 is 33.9 Å². The number of halogens is 5. The third-order valence-corrected chi connectivity index (χ3v) is 11.0. The van der Waals surface area contributed by atoms with Crippen molar-refractivity contribution in [3.63, 3.8) is 0 Å². The van der Waals surface area contributed by atoms with Crippen molar-refractivity contribution >= 4 is 48.0 Å². The Balaban J connectivity index is 0.000000208. The molecule has 4 heterocycles. The highest BCUT2D eigenvalue weighted by Crippen LogP contribution is 2.52. The van der Waals surface area contributed by atoms with Crippen LogP contribution in [-0.2, 0) is 6.18 Å². The molecule has 1 N–H and O–H groups in total. The van der Waals surface area contributed by atoms with Gasteiger partial charge in [-0.25, -0.2) is 0 Å². The zero-order valence-corrected chi connectivity index (χ0v) is 32.0. The Morgan fingerprint density at radius 2 is 1.40 bits per heavy atom. The predicted octanol–water partition coefficient (Wildman–Crippen LogP) is 8.47. The molecule has 286 valence electrons. The van der Waals surface area contributed by atoms with Crippen molar-refractivity contribution in [1.82, 2.24) is 9.80 Å². The average Bonchev–Trinajstić information content (AvgIpc) is 3.53. The molecular weight excluding hydrogens is 750 g/mol. The lowest BCUT2D eigenvalue weighted by molar-refractivity contribution is -0.137. The van der Waals surface area contributed by atoms with Crippen LogP contribution in [-0.4, -0.2) is 88.2 Å². The summed E-state index contributed by atoms with van der Waals surface area (Å²) in [5.74, 6) is 3.56. The molecule has 0 bridgehead atoms. The number of benzene rings is 4. The number of aliphatic hydroxyl groups excluding tert-OH is 1.